The van der Waals surface area contributed by atoms with Gasteiger partial charge in [0.2, 0.25) is 0 Å². The van der Waals surface area contributed by atoms with E-state index in [-0.39, 0.29) is 12.2 Å². The van der Waals surface area contributed by atoms with Crippen LogP contribution in [-0.2, 0) is 24.3 Å². The molecule has 0 spiro atoms. The van der Waals surface area contributed by atoms with E-state index in [4.69, 9.17) is 0 Å². The van der Waals surface area contributed by atoms with Crippen LogP contribution in [0.3, 0.4) is 0 Å². The number of aromatic amines is 1. The van der Waals surface area contributed by atoms with Gasteiger partial charge >= 0.3 is 5.69 Å². The zero-order valence-corrected chi connectivity index (χ0v) is 14.4. The summed E-state index contributed by atoms with van der Waals surface area (Å²) >= 11 is 3.22. The van der Waals surface area contributed by atoms with Gasteiger partial charge in [-0.1, -0.05) is 6.42 Å². The van der Waals surface area contributed by atoms with Crippen molar-refractivity contribution in [3.05, 3.63) is 38.7 Å². The third kappa shape index (κ3) is 3.58. The zero-order valence-electron chi connectivity index (χ0n) is 12.8. The summed E-state index contributed by atoms with van der Waals surface area (Å²) in [4.78, 5) is 38.7. The molecule has 3 heterocycles. The zero-order chi connectivity index (χ0) is 17.1. The van der Waals surface area contributed by atoms with Gasteiger partial charge < -0.3 is 4.98 Å². The largest absolute Gasteiger partial charge is 0.356 e. The Morgan fingerprint density at radius 1 is 1.29 bits per heavy atom. The summed E-state index contributed by atoms with van der Waals surface area (Å²) in [5, 5.41) is 4.22. The van der Waals surface area contributed by atoms with E-state index in [1.807, 2.05) is 0 Å². The average Bonchev–Trinajstić information content (AvgIpc) is 3.01. The fraction of sp³-hybridized carbons (Fsp3) is 0.429. The quantitative estimate of drug-likeness (QED) is 0.648. The van der Waals surface area contributed by atoms with E-state index in [1.54, 1.807) is 16.8 Å². The molecule has 0 unspecified atom stereocenters. The van der Waals surface area contributed by atoms with Gasteiger partial charge in [0.15, 0.2) is 0 Å². The van der Waals surface area contributed by atoms with Crippen LogP contribution in [0.25, 0.3) is 0 Å². The molecule has 3 N–H and O–H groups in total. The van der Waals surface area contributed by atoms with Crippen molar-refractivity contribution in [1.82, 2.24) is 30.2 Å². The molecule has 0 atom stereocenters. The summed E-state index contributed by atoms with van der Waals surface area (Å²) in [5.74, 6) is -0.295. The molecule has 128 valence electrons. The summed E-state index contributed by atoms with van der Waals surface area (Å²) in [6.45, 7) is 0.391. The Kier molecular flexibility index (Phi) is 4.84. The van der Waals surface area contributed by atoms with Crippen molar-refractivity contribution in [2.75, 3.05) is 0 Å². The molecule has 10 heteroatoms. The summed E-state index contributed by atoms with van der Waals surface area (Å²) in [5.41, 5.74) is 4.57. The van der Waals surface area contributed by atoms with Gasteiger partial charge in [-0.25, -0.2) is 9.48 Å². The van der Waals surface area contributed by atoms with E-state index in [0.29, 0.717) is 18.1 Å². The first-order chi connectivity index (χ1) is 11.5. The average molecular weight is 397 g/mol. The maximum absolute atomic E-state index is 12.3. The highest BCUT2D eigenvalue weighted by atomic mass is 79.9. The van der Waals surface area contributed by atoms with Gasteiger partial charge in [0.05, 0.1) is 0 Å². The molecule has 0 aliphatic carbocycles. The predicted octanol–water partition coefficient (Wildman–Crippen LogP) is 0.323. The number of rotatable bonds is 3. The lowest BCUT2D eigenvalue weighted by molar-refractivity contribution is -0.122. The lowest BCUT2D eigenvalue weighted by Crippen LogP contribution is -2.44. The molecule has 2 aromatic rings. The number of nitrogens with one attached hydrogen (secondary N) is 3. The molecule has 0 saturated carbocycles. The number of aromatic nitrogens is 4. The van der Waals surface area contributed by atoms with Crippen LogP contribution < -0.4 is 16.5 Å². The molecule has 9 nitrogen and oxygen atoms in total. The van der Waals surface area contributed by atoms with E-state index in [0.717, 1.165) is 34.8 Å². The number of H-pyrrole nitrogens is 1. The van der Waals surface area contributed by atoms with Crippen molar-refractivity contribution in [2.24, 2.45) is 0 Å². The second-order valence-corrected chi connectivity index (χ2v) is 6.47. The van der Waals surface area contributed by atoms with Crippen LogP contribution in [0.5, 0.6) is 0 Å². The van der Waals surface area contributed by atoms with E-state index in [1.165, 1.54) is 0 Å². The standard InChI is InChI=1S/C14H17BrN6O3/c15-9-6-10(16-7-9)13(23)18-17-12(22)8-21-14(24)20-5-3-1-2-4-11(20)19-21/h6-7,16H,1-5,8H2,(H,17,22)(H,18,23). The Hall–Kier alpha value is -2.36. The first kappa shape index (κ1) is 16.5. The highest BCUT2D eigenvalue weighted by Crippen LogP contribution is 2.10. The van der Waals surface area contributed by atoms with Gasteiger partial charge in [-0.05, 0) is 34.8 Å². The molecule has 1 aliphatic heterocycles. The number of carbonyl (C=O) groups is 2. The van der Waals surface area contributed by atoms with E-state index in [2.05, 4.69) is 36.9 Å². The van der Waals surface area contributed by atoms with Crippen molar-refractivity contribution in [1.29, 1.82) is 0 Å². The van der Waals surface area contributed by atoms with E-state index in [9.17, 15) is 14.4 Å². The van der Waals surface area contributed by atoms with Crippen LogP contribution in [0.1, 0.15) is 35.6 Å². The first-order valence-corrected chi connectivity index (χ1v) is 8.43. The molecule has 2 amide bonds. The minimum Gasteiger partial charge on any atom is -0.356 e. The number of hydrazine groups is 1. The third-order valence-electron chi connectivity index (χ3n) is 3.78. The van der Waals surface area contributed by atoms with Crippen molar-refractivity contribution in [2.45, 2.75) is 38.8 Å². The second kappa shape index (κ2) is 7.04. The molecule has 2 aromatic heterocycles. The van der Waals surface area contributed by atoms with Crippen molar-refractivity contribution < 1.29 is 9.59 Å². The van der Waals surface area contributed by atoms with E-state index < -0.39 is 11.8 Å². The maximum Gasteiger partial charge on any atom is 0.346 e. The van der Waals surface area contributed by atoms with Crippen LogP contribution in [-0.4, -0.2) is 31.1 Å². The summed E-state index contributed by atoms with van der Waals surface area (Å²) in [6, 6.07) is 1.58. The molecular formula is C14H17BrN6O3. The Morgan fingerprint density at radius 2 is 2.12 bits per heavy atom. The van der Waals surface area contributed by atoms with Crippen LogP contribution in [0.4, 0.5) is 0 Å². The lowest BCUT2D eigenvalue weighted by atomic mass is 10.2. The Balaban J connectivity index is 1.59. The predicted molar refractivity (Wildman–Crippen MR) is 88.1 cm³/mol. The topological polar surface area (TPSA) is 114 Å². The lowest BCUT2D eigenvalue weighted by Gasteiger charge is -2.05. The Labute approximate surface area is 145 Å². The van der Waals surface area contributed by atoms with Crippen molar-refractivity contribution in [3.8, 4) is 0 Å². The van der Waals surface area contributed by atoms with Crippen LogP contribution in [0.15, 0.2) is 21.5 Å². The van der Waals surface area contributed by atoms with Gasteiger partial charge in [-0.2, -0.15) is 5.10 Å². The number of amides is 2. The molecule has 0 radical (unpaired) electrons. The fourth-order valence-electron chi connectivity index (χ4n) is 2.60. The highest BCUT2D eigenvalue weighted by Gasteiger charge is 2.17. The van der Waals surface area contributed by atoms with Crippen molar-refractivity contribution in [3.63, 3.8) is 0 Å². The fourth-order valence-corrected chi connectivity index (χ4v) is 2.94. The third-order valence-corrected chi connectivity index (χ3v) is 4.24. The van der Waals surface area contributed by atoms with Crippen molar-refractivity contribution >= 4 is 27.7 Å². The van der Waals surface area contributed by atoms with Gasteiger partial charge in [-0.15, -0.1) is 0 Å². The monoisotopic (exact) mass is 396 g/mol. The number of aryl methyl sites for hydroxylation is 1. The smallest absolute Gasteiger partial charge is 0.346 e. The molecule has 0 saturated heterocycles. The SMILES string of the molecule is O=C(Cn1nc2n(c1=O)CCCCC2)NNC(=O)c1cc(Br)c[nH]1. The molecule has 3 rings (SSSR count). The molecule has 0 fully saturated rings. The summed E-state index contributed by atoms with van der Waals surface area (Å²) in [7, 11) is 0. The van der Waals surface area contributed by atoms with Crippen LogP contribution >= 0.6 is 15.9 Å². The molecule has 0 bridgehead atoms. The number of carbonyl (C=O) groups excluding carboxylic acids is 2. The second-order valence-electron chi connectivity index (χ2n) is 5.55. The van der Waals surface area contributed by atoms with Gasteiger partial charge in [0, 0.05) is 23.6 Å². The number of nitrogens with zero attached hydrogens (tertiary/aromatic N) is 3. The minimum atomic E-state index is -0.524. The Morgan fingerprint density at radius 3 is 2.88 bits per heavy atom. The summed E-state index contributed by atoms with van der Waals surface area (Å²) < 4.78 is 3.48. The highest BCUT2D eigenvalue weighted by molar-refractivity contribution is 9.10. The van der Waals surface area contributed by atoms with Gasteiger partial charge in [0.1, 0.15) is 18.1 Å². The first-order valence-electron chi connectivity index (χ1n) is 7.64. The number of hydrogen-bond acceptors (Lipinski definition) is 4. The maximum atomic E-state index is 12.3. The van der Waals surface area contributed by atoms with Gasteiger partial charge in [-0.3, -0.25) is 25.0 Å². The van der Waals surface area contributed by atoms with Crippen LogP contribution in [0.2, 0.25) is 0 Å². The van der Waals surface area contributed by atoms with E-state index >= 15 is 0 Å². The minimum absolute atomic E-state index is 0.243. The molecular weight excluding hydrogens is 380 g/mol. The number of halogens is 1. The molecule has 1 aliphatic rings. The molecule has 0 aromatic carbocycles. The number of fused-ring (bicyclic) bond motifs is 1. The number of hydrogen-bond donors (Lipinski definition) is 3. The normalized spacial score (nSPS) is 13.9. The molecule has 24 heavy (non-hydrogen) atoms. The van der Waals surface area contributed by atoms with Gasteiger partial charge in [0.25, 0.3) is 11.8 Å². The Bertz CT molecular complexity index is 821. The summed E-state index contributed by atoms with van der Waals surface area (Å²) in [6.07, 6.45) is 5.35. The van der Waals surface area contributed by atoms with Crippen LogP contribution in [0, 0.1) is 0 Å².